The number of carbonyl (C=O) groups excluding carboxylic acids is 1. The Labute approximate surface area is 150 Å². The van der Waals surface area contributed by atoms with Crippen LogP contribution < -0.4 is 15.8 Å². The van der Waals surface area contributed by atoms with Crippen LogP contribution in [-0.4, -0.2) is 18.7 Å². The number of fused-ring (bicyclic) bond motifs is 1. The smallest absolute Gasteiger partial charge is 0.336 e. The average molecular weight is 350 g/mol. The van der Waals surface area contributed by atoms with Gasteiger partial charge in [-0.2, -0.15) is 5.10 Å². The second-order valence-corrected chi connectivity index (χ2v) is 5.90. The predicted molar refractivity (Wildman–Crippen MR) is 99.6 cm³/mol. The standard InChI is InChI=1S/C20H18N2O4/c1-13-3-5-15(6-4-13)11-21-22-19(23)12-25-16-7-8-17-14(2)9-20(24)26-18(17)10-16/h3-11H,12H2,1-2H3,(H,22,23)/b21-11-. The molecule has 0 spiro atoms. The molecule has 0 aliphatic carbocycles. The van der Waals surface area contributed by atoms with Crippen LogP contribution in [0.3, 0.4) is 0 Å². The first-order chi connectivity index (χ1) is 12.5. The second kappa shape index (κ2) is 7.65. The molecule has 0 fully saturated rings. The number of carbonyl (C=O) groups is 1. The fourth-order valence-corrected chi connectivity index (χ4v) is 2.41. The Morgan fingerprint density at radius 3 is 2.69 bits per heavy atom. The molecule has 6 nitrogen and oxygen atoms in total. The third-order valence-corrected chi connectivity index (χ3v) is 3.77. The fraction of sp³-hybridized carbons (Fsp3) is 0.150. The Hall–Kier alpha value is -3.41. The molecule has 0 saturated heterocycles. The lowest BCUT2D eigenvalue weighted by Crippen LogP contribution is -2.24. The Bertz CT molecular complexity index is 1020. The second-order valence-electron chi connectivity index (χ2n) is 5.90. The van der Waals surface area contributed by atoms with Gasteiger partial charge in [-0.15, -0.1) is 0 Å². The van der Waals surface area contributed by atoms with Crippen LogP contribution in [0.5, 0.6) is 5.75 Å². The summed E-state index contributed by atoms with van der Waals surface area (Å²) >= 11 is 0. The first-order valence-electron chi connectivity index (χ1n) is 8.07. The molecule has 0 saturated carbocycles. The van der Waals surface area contributed by atoms with Gasteiger partial charge in [0.2, 0.25) is 0 Å². The zero-order valence-corrected chi connectivity index (χ0v) is 14.5. The van der Waals surface area contributed by atoms with Crippen molar-refractivity contribution >= 4 is 23.1 Å². The van der Waals surface area contributed by atoms with Crippen molar-refractivity contribution in [3.8, 4) is 5.75 Å². The molecule has 0 aliphatic rings. The minimum atomic E-state index is -0.421. The van der Waals surface area contributed by atoms with Crippen LogP contribution in [0, 0.1) is 13.8 Å². The van der Waals surface area contributed by atoms with E-state index in [-0.39, 0.29) is 12.5 Å². The molecule has 1 N–H and O–H groups in total. The summed E-state index contributed by atoms with van der Waals surface area (Å²) in [5.74, 6) is 0.0445. The molecule has 1 aromatic heterocycles. The van der Waals surface area contributed by atoms with Gasteiger partial charge >= 0.3 is 5.63 Å². The van der Waals surface area contributed by atoms with Crippen molar-refractivity contribution in [2.75, 3.05) is 6.61 Å². The first kappa shape index (κ1) is 17.4. The third kappa shape index (κ3) is 4.36. The van der Waals surface area contributed by atoms with Crippen LogP contribution in [-0.2, 0) is 4.79 Å². The number of hydrogen-bond acceptors (Lipinski definition) is 5. The van der Waals surface area contributed by atoms with E-state index < -0.39 is 5.63 Å². The van der Waals surface area contributed by atoms with Crippen LogP contribution in [0.1, 0.15) is 16.7 Å². The lowest BCUT2D eigenvalue weighted by Gasteiger charge is -2.06. The minimum Gasteiger partial charge on any atom is -0.484 e. The van der Waals surface area contributed by atoms with Crippen molar-refractivity contribution in [2.24, 2.45) is 5.10 Å². The highest BCUT2D eigenvalue weighted by molar-refractivity contribution is 5.83. The maximum absolute atomic E-state index is 11.8. The van der Waals surface area contributed by atoms with Gasteiger partial charge in [0, 0.05) is 17.5 Å². The van der Waals surface area contributed by atoms with Crippen LogP contribution in [0.25, 0.3) is 11.0 Å². The van der Waals surface area contributed by atoms with Crippen LogP contribution in [0.2, 0.25) is 0 Å². The van der Waals surface area contributed by atoms with Crippen molar-refractivity contribution in [3.05, 3.63) is 75.6 Å². The summed E-state index contributed by atoms with van der Waals surface area (Å²) in [7, 11) is 0. The maximum atomic E-state index is 11.8. The summed E-state index contributed by atoms with van der Waals surface area (Å²) in [4.78, 5) is 23.3. The number of nitrogens with zero attached hydrogens (tertiary/aromatic N) is 1. The van der Waals surface area contributed by atoms with Gasteiger partial charge < -0.3 is 9.15 Å². The van der Waals surface area contributed by atoms with E-state index in [2.05, 4.69) is 10.5 Å². The van der Waals surface area contributed by atoms with Crippen LogP contribution in [0.4, 0.5) is 0 Å². The molecule has 0 atom stereocenters. The Morgan fingerprint density at radius 2 is 1.92 bits per heavy atom. The fourth-order valence-electron chi connectivity index (χ4n) is 2.41. The van der Waals surface area contributed by atoms with E-state index in [0.717, 1.165) is 22.1 Å². The highest BCUT2D eigenvalue weighted by Crippen LogP contribution is 2.22. The Kier molecular flexibility index (Phi) is 5.12. The Balaban J connectivity index is 1.58. The molecule has 1 amide bonds. The van der Waals surface area contributed by atoms with Gasteiger partial charge in [0.05, 0.1) is 6.21 Å². The summed E-state index contributed by atoms with van der Waals surface area (Å²) < 4.78 is 10.6. The molecule has 3 rings (SSSR count). The van der Waals surface area contributed by atoms with Crippen LogP contribution in [0.15, 0.2) is 62.8 Å². The van der Waals surface area contributed by atoms with E-state index in [1.54, 1.807) is 24.4 Å². The van der Waals surface area contributed by atoms with Gasteiger partial charge in [0.25, 0.3) is 5.91 Å². The van der Waals surface area contributed by atoms with Gasteiger partial charge in [-0.3, -0.25) is 4.79 Å². The monoisotopic (exact) mass is 350 g/mol. The lowest BCUT2D eigenvalue weighted by atomic mass is 10.1. The highest BCUT2D eigenvalue weighted by atomic mass is 16.5. The summed E-state index contributed by atoms with van der Waals surface area (Å²) in [6, 6.07) is 14.3. The molecule has 26 heavy (non-hydrogen) atoms. The van der Waals surface area contributed by atoms with Gasteiger partial charge in [-0.1, -0.05) is 29.8 Å². The largest absolute Gasteiger partial charge is 0.484 e. The Morgan fingerprint density at radius 1 is 1.15 bits per heavy atom. The minimum absolute atomic E-state index is 0.202. The quantitative estimate of drug-likeness (QED) is 0.436. The van der Waals surface area contributed by atoms with E-state index in [1.807, 2.05) is 38.1 Å². The van der Waals surface area contributed by atoms with Crippen LogP contribution >= 0.6 is 0 Å². The average Bonchev–Trinajstić information content (AvgIpc) is 2.61. The summed E-state index contributed by atoms with van der Waals surface area (Å²) in [5.41, 5.74) is 5.27. The van der Waals surface area contributed by atoms with E-state index in [4.69, 9.17) is 9.15 Å². The highest BCUT2D eigenvalue weighted by Gasteiger charge is 2.06. The molecule has 0 aliphatic heterocycles. The number of amides is 1. The van der Waals surface area contributed by atoms with Crippen molar-refractivity contribution in [1.29, 1.82) is 0 Å². The van der Waals surface area contributed by atoms with E-state index in [1.165, 1.54) is 6.07 Å². The van der Waals surface area contributed by atoms with Crippen molar-refractivity contribution in [1.82, 2.24) is 5.43 Å². The molecule has 3 aromatic rings. The first-order valence-corrected chi connectivity index (χ1v) is 8.07. The number of rotatable bonds is 5. The molecule has 1 heterocycles. The van der Waals surface area contributed by atoms with Gasteiger partial charge in [0.1, 0.15) is 11.3 Å². The topological polar surface area (TPSA) is 80.9 Å². The molecule has 0 radical (unpaired) electrons. The predicted octanol–water partition coefficient (Wildman–Crippen LogP) is 2.94. The zero-order chi connectivity index (χ0) is 18.5. The molecule has 0 bridgehead atoms. The summed E-state index contributed by atoms with van der Waals surface area (Å²) in [6.45, 7) is 3.63. The maximum Gasteiger partial charge on any atom is 0.336 e. The molecular formula is C20H18N2O4. The van der Waals surface area contributed by atoms with Gasteiger partial charge in [0.15, 0.2) is 6.61 Å². The molecule has 0 unspecified atom stereocenters. The summed E-state index contributed by atoms with van der Waals surface area (Å²) in [5, 5.41) is 4.72. The van der Waals surface area contributed by atoms with Crippen molar-refractivity contribution in [2.45, 2.75) is 13.8 Å². The van der Waals surface area contributed by atoms with Gasteiger partial charge in [-0.05, 0) is 37.1 Å². The number of ether oxygens (including phenoxy) is 1. The number of hydrogen-bond donors (Lipinski definition) is 1. The lowest BCUT2D eigenvalue weighted by molar-refractivity contribution is -0.123. The van der Waals surface area contributed by atoms with Gasteiger partial charge in [-0.25, -0.2) is 10.2 Å². The normalized spacial score (nSPS) is 11.0. The third-order valence-electron chi connectivity index (χ3n) is 3.77. The van der Waals surface area contributed by atoms with E-state index in [0.29, 0.717) is 11.3 Å². The van der Waals surface area contributed by atoms with E-state index in [9.17, 15) is 9.59 Å². The molecule has 6 heteroatoms. The summed E-state index contributed by atoms with van der Waals surface area (Å²) in [6.07, 6.45) is 1.56. The number of hydrazone groups is 1. The number of nitrogens with one attached hydrogen (secondary N) is 1. The van der Waals surface area contributed by atoms with E-state index >= 15 is 0 Å². The molecular weight excluding hydrogens is 332 g/mol. The van der Waals surface area contributed by atoms with Crippen molar-refractivity contribution < 1.29 is 13.9 Å². The van der Waals surface area contributed by atoms with Crippen molar-refractivity contribution in [3.63, 3.8) is 0 Å². The zero-order valence-electron chi connectivity index (χ0n) is 14.5. The molecule has 2 aromatic carbocycles. The molecule has 132 valence electrons. The number of aryl methyl sites for hydroxylation is 2. The SMILES string of the molecule is Cc1ccc(/C=N\NC(=O)COc2ccc3c(C)cc(=O)oc3c2)cc1. The number of benzene rings is 2.